The molecule has 1 aliphatic heterocycles. The summed E-state index contributed by atoms with van der Waals surface area (Å²) in [4.78, 5) is 0. The average molecular weight is 480 g/mol. The third-order valence-electron chi connectivity index (χ3n) is 7.97. The summed E-state index contributed by atoms with van der Waals surface area (Å²) in [5.41, 5.74) is 8.71. The minimum Gasteiger partial charge on any atom is -0.144 e. The Morgan fingerprint density at radius 2 is 1.56 bits per heavy atom. The number of hydrogen-bond donors (Lipinski definition) is 0. The summed E-state index contributed by atoms with van der Waals surface area (Å²) in [6.07, 6.45) is 14.9. The zero-order valence-electron chi connectivity index (χ0n) is 22.3. The van der Waals surface area contributed by atoms with Gasteiger partial charge in [0.15, 0.2) is 0 Å². The number of allylic oxidation sites excluding steroid dienone is 3. The maximum atomic E-state index is 14.6. The highest BCUT2D eigenvalue weighted by Crippen LogP contribution is 2.57. The van der Waals surface area contributed by atoms with Crippen molar-refractivity contribution in [2.75, 3.05) is 17.8 Å². The lowest BCUT2D eigenvalue weighted by molar-refractivity contribution is 0.309. The number of anilines is 1. The van der Waals surface area contributed by atoms with Crippen LogP contribution in [-0.4, -0.2) is 17.8 Å². The molecule has 3 atom stereocenters. The van der Waals surface area contributed by atoms with E-state index in [2.05, 4.69) is 75.2 Å². The minimum atomic E-state index is -1.73. The van der Waals surface area contributed by atoms with Crippen LogP contribution in [0.1, 0.15) is 96.8 Å². The van der Waals surface area contributed by atoms with Crippen molar-refractivity contribution in [2.45, 2.75) is 92.9 Å². The number of fused-ring (bicyclic) bond motifs is 6. The molecule has 0 saturated heterocycles. The number of hydrogen-bond acceptors (Lipinski definition) is 1. The first-order valence-electron chi connectivity index (χ1n) is 13.6. The van der Waals surface area contributed by atoms with Gasteiger partial charge in [-0.2, -0.15) is 0 Å². The molecule has 1 aromatic carbocycles. The highest BCUT2D eigenvalue weighted by Gasteiger charge is 2.49. The van der Waals surface area contributed by atoms with Crippen LogP contribution < -0.4 is 4.67 Å². The quantitative estimate of drug-likeness (QED) is 0.397. The van der Waals surface area contributed by atoms with Gasteiger partial charge in [0.2, 0.25) is 0 Å². The van der Waals surface area contributed by atoms with Crippen molar-refractivity contribution in [1.29, 1.82) is 0 Å². The zero-order valence-corrected chi connectivity index (χ0v) is 23.2. The third kappa shape index (κ3) is 4.50. The molecule has 4 aliphatic rings. The van der Waals surface area contributed by atoms with Gasteiger partial charge < -0.3 is 0 Å². The number of aryl methyl sites for hydroxylation is 1. The van der Waals surface area contributed by atoms with E-state index in [9.17, 15) is 4.57 Å². The lowest BCUT2D eigenvalue weighted by Crippen LogP contribution is -2.34. The predicted molar refractivity (Wildman–Crippen MR) is 145 cm³/mol. The van der Waals surface area contributed by atoms with Crippen LogP contribution in [0.3, 0.4) is 0 Å². The van der Waals surface area contributed by atoms with Crippen molar-refractivity contribution in [1.82, 2.24) is 4.67 Å². The maximum Gasteiger partial charge on any atom is 0.595 e. The van der Waals surface area contributed by atoms with Crippen molar-refractivity contribution in [3.05, 3.63) is 46.7 Å². The van der Waals surface area contributed by atoms with Gasteiger partial charge in [-0.15, -0.1) is 9.34 Å². The Hall–Kier alpha value is -1.60. The fourth-order valence-electron chi connectivity index (χ4n) is 6.62. The second-order valence-electron chi connectivity index (χ2n) is 13.5. The highest BCUT2D eigenvalue weighted by atomic mass is 31.1. The molecule has 1 fully saturated rings. The van der Waals surface area contributed by atoms with Crippen LogP contribution in [0.2, 0.25) is 0 Å². The van der Waals surface area contributed by atoms with Crippen LogP contribution in [0.25, 0.3) is 5.57 Å². The molecule has 0 radical (unpaired) electrons. The van der Waals surface area contributed by atoms with Crippen molar-refractivity contribution in [3.8, 4) is 0 Å². The van der Waals surface area contributed by atoms with Gasteiger partial charge in [-0.3, -0.25) is 0 Å². The first kappa shape index (κ1) is 24.1. The molecule has 4 heteroatoms. The fraction of sp³-hybridized carbons (Fsp3) is 0.667. The van der Waals surface area contributed by atoms with Crippen molar-refractivity contribution in [2.24, 2.45) is 22.7 Å². The minimum absolute atomic E-state index is 0.0552. The molecular weight excluding hydrogens is 435 g/mol. The average Bonchev–Trinajstić information content (AvgIpc) is 2.86. The SMILES string of the molecule is CC(C)(C)CN1C2=C(c3c(ccc4c3CCCC4)N(CC(C)(C)C)[P+]1=O)C1CCCCC1C=C2. The topological polar surface area (TPSA) is 23.6 Å². The molecule has 184 valence electrons. The van der Waals surface area contributed by atoms with E-state index in [0.29, 0.717) is 11.8 Å². The summed E-state index contributed by atoms with van der Waals surface area (Å²) in [6.45, 7) is 15.3. The van der Waals surface area contributed by atoms with Crippen LogP contribution in [0.4, 0.5) is 5.69 Å². The number of rotatable bonds is 2. The molecule has 1 heterocycles. The van der Waals surface area contributed by atoms with Gasteiger partial charge >= 0.3 is 8.10 Å². The van der Waals surface area contributed by atoms with E-state index in [1.165, 1.54) is 73.0 Å². The third-order valence-corrected chi connectivity index (χ3v) is 9.50. The summed E-state index contributed by atoms with van der Waals surface area (Å²) in [6, 6.07) is 4.70. The lowest BCUT2D eigenvalue weighted by atomic mass is 9.68. The van der Waals surface area contributed by atoms with Crippen molar-refractivity contribution >= 4 is 19.4 Å². The highest BCUT2D eigenvalue weighted by molar-refractivity contribution is 7.44. The smallest absolute Gasteiger partial charge is 0.144 e. The van der Waals surface area contributed by atoms with Crippen LogP contribution in [0.15, 0.2) is 30.0 Å². The van der Waals surface area contributed by atoms with Gasteiger partial charge in [0.25, 0.3) is 0 Å². The molecule has 0 N–H and O–H groups in total. The summed E-state index contributed by atoms with van der Waals surface area (Å²) in [7, 11) is -1.73. The normalized spacial score (nSPS) is 26.0. The van der Waals surface area contributed by atoms with Gasteiger partial charge in [0.1, 0.15) is 0 Å². The number of benzene rings is 1. The van der Waals surface area contributed by atoms with E-state index in [4.69, 9.17) is 0 Å². The van der Waals surface area contributed by atoms with Crippen molar-refractivity contribution in [3.63, 3.8) is 0 Å². The molecule has 0 aromatic heterocycles. The molecule has 0 amide bonds. The summed E-state index contributed by atoms with van der Waals surface area (Å²) < 4.78 is 19.2. The zero-order chi connectivity index (χ0) is 24.3. The first-order chi connectivity index (χ1) is 16.0. The van der Waals surface area contributed by atoms with Gasteiger partial charge in [0, 0.05) is 5.56 Å². The molecule has 3 unspecified atom stereocenters. The Morgan fingerprint density at radius 1 is 0.882 bits per heavy atom. The van der Waals surface area contributed by atoms with Crippen LogP contribution in [0, 0.1) is 22.7 Å². The van der Waals surface area contributed by atoms with Crippen molar-refractivity contribution < 1.29 is 4.57 Å². The van der Waals surface area contributed by atoms with E-state index in [1.807, 2.05) is 0 Å². The molecule has 34 heavy (non-hydrogen) atoms. The summed E-state index contributed by atoms with van der Waals surface area (Å²) >= 11 is 0. The Balaban J connectivity index is 1.79. The Bertz CT molecular complexity index is 1040. The van der Waals surface area contributed by atoms with Gasteiger partial charge in [-0.05, 0) is 94.6 Å². The second-order valence-corrected chi connectivity index (χ2v) is 15.0. The maximum absolute atomic E-state index is 14.6. The molecular formula is C30H44N2OP+. The largest absolute Gasteiger partial charge is 0.595 e. The molecule has 0 bridgehead atoms. The van der Waals surface area contributed by atoms with Crippen LogP contribution >= 0.6 is 8.10 Å². The second kappa shape index (κ2) is 8.81. The Labute approximate surface area is 208 Å². The van der Waals surface area contributed by atoms with E-state index >= 15 is 0 Å². The van der Waals surface area contributed by atoms with E-state index in [0.717, 1.165) is 19.5 Å². The fourth-order valence-corrected chi connectivity index (χ4v) is 8.68. The van der Waals surface area contributed by atoms with Crippen LogP contribution in [0.5, 0.6) is 0 Å². The molecule has 0 spiro atoms. The first-order valence-corrected chi connectivity index (χ1v) is 14.8. The molecule has 3 aliphatic carbocycles. The molecule has 5 rings (SSSR count). The van der Waals surface area contributed by atoms with Gasteiger partial charge in [-0.25, -0.2) is 0 Å². The number of nitrogens with zero attached hydrogens (tertiary/aromatic N) is 2. The van der Waals surface area contributed by atoms with Gasteiger partial charge in [-0.1, -0.05) is 66.5 Å². The summed E-state index contributed by atoms with van der Waals surface area (Å²) in [5, 5.41) is 0. The van der Waals surface area contributed by atoms with E-state index < -0.39 is 8.10 Å². The van der Waals surface area contributed by atoms with E-state index in [1.54, 1.807) is 5.56 Å². The molecule has 3 nitrogen and oxygen atoms in total. The van der Waals surface area contributed by atoms with E-state index in [-0.39, 0.29) is 10.8 Å². The Kier molecular flexibility index (Phi) is 6.25. The Morgan fingerprint density at radius 3 is 2.29 bits per heavy atom. The summed E-state index contributed by atoms with van der Waals surface area (Å²) in [5.74, 6) is 1.18. The molecule has 1 aromatic rings. The van der Waals surface area contributed by atoms with Crippen LogP contribution in [-0.2, 0) is 17.4 Å². The predicted octanol–water partition coefficient (Wildman–Crippen LogP) is 8.52. The standard InChI is InChI=1S/C30H44N2OP/c1-29(2,3)19-31-25-17-15-21-11-7-9-13-23(21)27(25)28-24-14-10-8-12-22(24)16-18-26(28)32(34(31)33)20-30(4,5)6/h15-18,21,23H,7-14,19-20H2,1-6H3/q+1. The molecule has 1 saturated carbocycles. The monoisotopic (exact) mass is 479 g/mol. The lowest BCUT2D eigenvalue weighted by Gasteiger charge is -2.37. The van der Waals surface area contributed by atoms with Gasteiger partial charge in [0.05, 0.1) is 24.5 Å².